The van der Waals surface area contributed by atoms with E-state index in [0.717, 1.165) is 27.7 Å². The fourth-order valence-corrected chi connectivity index (χ4v) is 4.95. The van der Waals surface area contributed by atoms with E-state index in [1.165, 1.54) is 0 Å². The zero-order chi connectivity index (χ0) is 23.1. The van der Waals surface area contributed by atoms with Gasteiger partial charge in [0.2, 0.25) is 5.91 Å². The number of fused-ring (bicyclic) bond motifs is 2. The molecule has 5 rings (SSSR count). The maximum Gasteiger partial charge on any atom is 0.255 e. The van der Waals surface area contributed by atoms with E-state index in [1.807, 2.05) is 49.4 Å². The van der Waals surface area contributed by atoms with Crippen molar-refractivity contribution in [3.05, 3.63) is 99.2 Å². The third kappa shape index (κ3) is 3.77. The Bertz CT molecular complexity index is 1400. The van der Waals surface area contributed by atoms with Gasteiger partial charge in [0.25, 0.3) is 5.91 Å². The van der Waals surface area contributed by atoms with Crippen LogP contribution in [0.3, 0.4) is 0 Å². The Morgan fingerprint density at radius 1 is 1.03 bits per heavy atom. The van der Waals surface area contributed by atoms with Crippen molar-refractivity contribution in [1.29, 1.82) is 0 Å². The van der Waals surface area contributed by atoms with Gasteiger partial charge in [0, 0.05) is 40.7 Å². The summed E-state index contributed by atoms with van der Waals surface area (Å²) in [6.07, 6.45) is 0.125. The average Bonchev–Trinajstić information content (AvgIpc) is 3.28. The number of aryl methyl sites for hydroxylation is 1. The number of benzene rings is 3. The van der Waals surface area contributed by atoms with E-state index in [9.17, 15) is 9.59 Å². The molecule has 1 aliphatic heterocycles. The first-order valence-electron chi connectivity index (χ1n) is 10.7. The molecule has 1 aromatic heterocycles. The van der Waals surface area contributed by atoms with Gasteiger partial charge in [-0.3, -0.25) is 9.59 Å². The Morgan fingerprint density at radius 3 is 2.64 bits per heavy atom. The minimum absolute atomic E-state index is 0.0751. The van der Waals surface area contributed by atoms with Gasteiger partial charge in [-0.05, 0) is 36.8 Å². The summed E-state index contributed by atoms with van der Waals surface area (Å²) in [5.74, 6) is -0.314. The number of aromatic nitrogens is 1. The molecule has 0 spiro atoms. The van der Waals surface area contributed by atoms with E-state index in [0.29, 0.717) is 21.3 Å². The fourth-order valence-electron chi connectivity index (χ4n) is 4.60. The Kier molecular flexibility index (Phi) is 5.60. The number of hydrogen-bond acceptors (Lipinski definition) is 2. The van der Waals surface area contributed by atoms with Crippen LogP contribution >= 0.6 is 23.2 Å². The zero-order valence-electron chi connectivity index (χ0n) is 17.9. The first-order valence-corrected chi connectivity index (χ1v) is 11.4. The van der Waals surface area contributed by atoms with Crippen LogP contribution in [0.1, 0.15) is 39.6 Å². The fraction of sp³-hybridized carbons (Fsp3) is 0.154. The van der Waals surface area contributed by atoms with Gasteiger partial charge in [0.15, 0.2) is 0 Å². The summed E-state index contributed by atoms with van der Waals surface area (Å²) in [4.78, 5) is 31.3. The van der Waals surface area contributed by atoms with E-state index in [2.05, 4.69) is 16.4 Å². The second-order valence-electron chi connectivity index (χ2n) is 8.10. The second-order valence-corrected chi connectivity index (χ2v) is 8.88. The average molecular weight is 478 g/mol. The second kappa shape index (κ2) is 8.58. The highest BCUT2D eigenvalue weighted by molar-refractivity contribution is 6.44. The molecule has 2 amide bonds. The van der Waals surface area contributed by atoms with Gasteiger partial charge < -0.3 is 15.2 Å². The van der Waals surface area contributed by atoms with Crippen molar-refractivity contribution in [2.24, 2.45) is 0 Å². The Labute approximate surface area is 201 Å². The first kappa shape index (κ1) is 21.6. The van der Waals surface area contributed by atoms with E-state index in [4.69, 9.17) is 23.2 Å². The normalized spacial score (nSPS) is 15.2. The minimum Gasteiger partial charge on any atom is -0.358 e. The van der Waals surface area contributed by atoms with Crippen LogP contribution in [0.15, 0.2) is 66.7 Å². The van der Waals surface area contributed by atoms with Gasteiger partial charge >= 0.3 is 0 Å². The lowest BCUT2D eigenvalue weighted by atomic mass is 9.95. The predicted molar refractivity (Wildman–Crippen MR) is 132 cm³/mol. The third-order valence-electron chi connectivity index (χ3n) is 6.08. The minimum atomic E-state index is -0.271. The number of nitrogens with zero attached hydrogens (tertiary/aromatic N) is 1. The molecule has 0 saturated carbocycles. The molecule has 1 unspecified atom stereocenters. The molecule has 4 aromatic rings. The molecular formula is C26H21Cl2N3O2. The van der Waals surface area contributed by atoms with E-state index < -0.39 is 0 Å². The number of carbonyl (C=O) groups excluding carboxylic acids is 2. The number of H-pyrrole nitrogens is 1. The van der Waals surface area contributed by atoms with Crippen molar-refractivity contribution in [2.45, 2.75) is 19.4 Å². The molecule has 166 valence electrons. The van der Waals surface area contributed by atoms with Crippen molar-refractivity contribution in [3.8, 4) is 0 Å². The lowest BCUT2D eigenvalue weighted by Gasteiger charge is -2.26. The Hall–Kier alpha value is -3.28. The number of para-hydroxylation sites is 1. The van der Waals surface area contributed by atoms with E-state index >= 15 is 0 Å². The van der Waals surface area contributed by atoms with Crippen molar-refractivity contribution in [2.75, 3.05) is 11.9 Å². The standard InChI is InChI=1S/C26H21Cl2N3O2/c1-15-23(18-9-4-5-11-20(18)29-15)25-16-7-2-3-8-17(16)26(33)31(25)14-13-22(32)30-21-12-6-10-19(27)24(21)28/h2-12,25,29H,13-14H2,1H3,(H,30,32). The van der Waals surface area contributed by atoms with Gasteiger partial charge in [-0.2, -0.15) is 0 Å². The topological polar surface area (TPSA) is 65.2 Å². The summed E-state index contributed by atoms with van der Waals surface area (Å²) in [6, 6.07) is 20.5. The van der Waals surface area contributed by atoms with Crippen LogP contribution in [0.2, 0.25) is 10.0 Å². The van der Waals surface area contributed by atoms with Crippen LogP contribution in [0.5, 0.6) is 0 Å². The number of anilines is 1. The van der Waals surface area contributed by atoms with Crippen molar-refractivity contribution in [3.63, 3.8) is 0 Å². The SMILES string of the molecule is Cc1[nH]c2ccccc2c1C1c2ccccc2C(=O)N1CCC(=O)Nc1cccc(Cl)c1Cl. The Morgan fingerprint density at radius 2 is 1.79 bits per heavy atom. The van der Waals surface area contributed by atoms with Crippen molar-refractivity contribution >= 4 is 51.6 Å². The summed E-state index contributed by atoms with van der Waals surface area (Å²) in [6.45, 7) is 2.29. The summed E-state index contributed by atoms with van der Waals surface area (Å²) in [7, 11) is 0. The number of halogens is 2. The monoisotopic (exact) mass is 477 g/mol. The van der Waals surface area contributed by atoms with Gasteiger partial charge in [-0.1, -0.05) is 65.7 Å². The quantitative estimate of drug-likeness (QED) is 0.351. The summed E-state index contributed by atoms with van der Waals surface area (Å²) < 4.78 is 0. The molecule has 33 heavy (non-hydrogen) atoms. The molecule has 5 nitrogen and oxygen atoms in total. The highest BCUT2D eigenvalue weighted by atomic mass is 35.5. The number of rotatable bonds is 5. The lowest BCUT2D eigenvalue weighted by Crippen LogP contribution is -2.32. The van der Waals surface area contributed by atoms with Crippen molar-refractivity contribution < 1.29 is 9.59 Å². The molecule has 1 atom stereocenters. The third-order valence-corrected chi connectivity index (χ3v) is 6.90. The molecular weight excluding hydrogens is 457 g/mol. The van der Waals surface area contributed by atoms with Crippen LogP contribution in [0, 0.1) is 6.92 Å². The molecule has 2 N–H and O–H groups in total. The van der Waals surface area contributed by atoms with Crippen LogP contribution in [-0.2, 0) is 4.79 Å². The molecule has 0 bridgehead atoms. The van der Waals surface area contributed by atoms with Gasteiger partial charge in [-0.25, -0.2) is 0 Å². The molecule has 0 aliphatic carbocycles. The van der Waals surface area contributed by atoms with Crippen LogP contribution in [0.25, 0.3) is 10.9 Å². The van der Waals surface area contributed by atoms with Crippen molar-refractivity contribution in [1.82, 2.24) is 9.88 Å². The molecule has 0 radical (unpaired) electrons. The zero-order valence-corrected chi connectivity index (χ0v) is 19.4. The van der Waals surface area contributed by atoms with E-state index in [-0.39, 0.29) is 30.8 Å². The predicted octanol–water partition coefficient (Wildman–Crippen LogP) is 6.36. The lowest BCUT2D eigenvalue weighted by molar-refractivity contribution is -0.116. The number of hydrogen-bond donors (Lipinski definition) is 2. The first-order chi connectivity index (χ1) is 16.0. The summed E-state index contributed by atoms with van der Waals surface area (Å²) >= 11 is 12.2. The number of aromatic amines is 1. The van der Waals surface area contributed by atoms with Crippen LogP contribution < -0.4 is 5.32 Å². The van der Waals surface area contributed by atoms with Gasteiger partial charge in [0.05, 0.1) is 21.8 Å². The molecule has 3 aromatic carbocycles. The maximum atomic E-state index is 13.4. The number of nitrogens with one attached hydrogen (secondary N) is 2. The van der Waals surface area contributed by atoms with Crippen LogP contribution in [-0.4, -0.2) is 28.2 Å². The Balaban J connectivity index is 1.46. The number of carbonyl (C=O) groups is 2. The molecule has 0 saturated heterocycles. The summed E-state index contributed by atoms with van der Waals surface area (Å²) in [5, 5.41) is 4.54. The van der Waals surface area contributed by atoms with Crippen LogP contribution in [0.4, 0.5) is 5.69 Å². The molecule has 0 fully saturated rings. The molecule has 2 heterocycles. The summed E-state index contributed by atoms with van der Waals surface area (Å²) in [5.41, 5.74) is 5.16. The van der Waals surface area contributed by atoms with E-state index in [1.54, 1.807) is 23.1 Å². The highest BCUT2D eigenvalue weighted by Crippen LogP contribution is 2.42. The molecule has 7 heteroatoms. The molecule has 1 aliphatic rings. The number of amides is 2. The van der Waals surface area contributed by atoms with Gasteiger partial charge in [-0.15, -0.1) is 0 Å². The van der Waals surface area contributed by atoms with Gasteiger partial charge in [0.1, 0.15) is 0 Å². The largest absolute Gasteiger partial charge is 0.358 e. The maximum absolute atomic E-state index is 13.4. The smallest absolute Gasteiger partial charge is 0.255 e. The highest BCUT2D eigenvalue weighted by Gasteiger charge is 2.39.